The first-order chi connectivity index (χ1) is 14.7. The largest absolute Gasteiger partial charge is 0.357 e. The first-order valence-corrected chi connectivity index (χ1v) is 11.2. The van der Waals surface area contributed by atoms with Crippen LogP contribution in [0, 0.1) is 0 Å². The maximum atomic E-state index is 12.0. The summed E-state index contributed by atoms with van der Waals surface area (Å²) in [5.74, 6) is 1.82. The second kappa shape index (κ2) is 9.79. The summed E-state index contributed by atoms with van der Waals surface area (Å²) in [5, 5.41) is 3.48. The van der Waals surface area contributed by atoms with Crippen molar-refractivity contribution < 1.29 is 4.79 Å². The van der Waals surface area contributed by atoms with Crippen LogP contribution in [-0.4, -0.2) is 47.8 Å². The lowest BCUT2D eigenvalue weighted by atomic mass is 9.99. The minimum Gasteiger partial charge on any atom is -0.357 e. The molecule has 2 aromatic rings. The number of nitrogens with zero attached hydrogens (tertiary/aromatic N) is 3. The number of carbonyl (C=O) groups is 1. The van der Waals surface area contributed by atoms with Crippen LogP contribution in [0.15, 0.2) is 59.6 Å². The Bertz CT molecular complexity index is 880. The smallest absolute Gasteiger partial charge is 0.222 e. The van der Waals surface area contributed by atoms with Crippen molar-refractivity contribution in [1.29, 1.82) is 0 Å². The average molecular weight is 405 g/mol. The van der Waals surface area contributed by atoms with Crippen LogP contribution in [0.5, 0.6) is 0 Å². The van der Waals surface area contributed by atoms with Crippen LogP contribution in [0.2, 0.25) is 0 Å². The fourth-order valence-corrected chi connectivity index (χ4v) is 4.48. The zero-order valence-electron chi connectivity index (χ0n) is 17.9. The summed E-state index contributed by atoms with van der Waals surface area (Å²) in [6.45, 7) is 7.19. The van der Waals surface area contributed by atoms with Crippen molar-refractivity contribution in [3.05, 3.63) is 71.3 Å². The zero-order valence-corrected chi connectivity index (χ0v) is 17.9. The van der Waals surface area contributed by atoms with Crippen LogP contribution in [0.25, 0.3) is 0 Å². The fourth-order valence-electron chi connectivity index (χ4n) is 4.48. The van der Waals surface area contributed by atoms with Gasteiger partial charge in [0.2, 0.25) is 5.91 Å². The van der Waals surface area contributed by atoms with E-state index in [9.17, 15) is 4.79 Å². The molecule has 2 aliphatic rings. The molecule has 0 spiro atoms. The summed E-state index contributed by atoms with van der Waals surface area (Å²) >= 11 is 0. The second-order valence-corrected chi connectivity index (χ2v) is 8.20. The molecule has 2 aliphatic heterocycles. The summed E-state index contributed by atoms with van der Waals surface area (Å²) in [7, 11) is 0. The molecule has 1 atom stereocenters. The van der Waals surface area contributed by atoms with Crippen LogP contribution >= 0.6 is 0 Å². The normalized spacial score (nSPS) is 19.6. The van der Waals surface area contributed by atoms with Gasteiger partial charge in [-0.05, 0) is 36.5 Å². The molecule has 5 nitrogen and oxygen atoms in total. The summed E-state index contributed by atoms with van der Waals surface area (Å²) in [5.41, 5.74) is 3.82. The maximum Gasteiger partial charge on any atom is 0.222 e. The molecule has 2 aromatic carbocycles. The van der Waals surface area contributed by atoms with Gasteiger partial charge in [-0.3, -0.25) is 4.79 Å². The van der Waals surface area contributed by atoms with Gasteiger partial charge in [0.25, 0.3) is 0 Å². The van der Waals surface area contributed by atoms with Gasteiger partial charge < -0.3 is 15.1 Å². The van der Waals surface area contributed by atoms with E-state index in [0.717, 1.165) is 45.0 Å². The fraction of sp³-hybridized carbons (Fsp3) is 0.440. The quantitative estimate of drug-likeness (QED) is 0.589. The average Bonchev–Trinajstić information content (AvgIpc) is 3.42. The SMILES string of the molecule is CCNC(=NCc1ccccc1CN1CCCC1=O)N1CCC(c2ccccc2)C1. The Balaban J connectivity index is 1.45. The van der Waals surface area contributed by atoms with E-state index < -0.39 is 0 Å². The molecule has 0 radical (unpaired) electrons. The van der Waals surface area contributed by atoms with Gasteiger partial charge in [0, 0.05) is 45.1 Å². The van der Waals surface area contributed by atoms with Crippen molar-refractivity contribution in [2.24, 2.45) is 4.99 Å². The number of hydrogen-bond acceptors (Lipinski definition) is 2. The number of benzene rings is 2. The molecule has 5 heteroatoms. The Morgan fingerprint density at radius 3 is 2.57 bits per heavy atom. The van der Waals surface area contributed by atoms with Gasteiger partial charge in [-0.2, -0.15) is 0 Å². The van der Waals surface area contributed by atoms with Crippen molar-refractivity contribution >= 4 is 11.9 Å². The molecule has 2 heterocycles. The zero-order chi connectivity index (χ0) is 20.8. The number of rotatable bonds is 6. The van der Waals surface area contributed by atoms with E-state index in [-0.39, 0.29) is 5.91 Å². The van der Waals surface area contributed by atoms with Crippen molar-refractivity contribution in [3.8, 4) is 0 Å². The molecule has 4 rings (SSSR count). The summed E-state index contributed by atoms with van der Waals surface area (Å²) in [6.07, 6.45) is 2.81. The number of nitrogens with one attached hydrogen (secondary N) is 1. The first kappa shape index (κ1) is 20.5. The minimum absolute atomic E-state index is 0.269. The lowest BCUT2D eigenvalue weighted by molar-refractivity contribution is -0.128. The Hall–Kier alpha value is -2.82. The highest BCUT2D eigenvalue weighted by Crippen LogP contribution is 2.27. The van der Waals surface area contributed by atoms with Gasteiger partial charge in [-0.25, -0.2) is 4.99 Å². The molecule has 1 unspecified atom stereocenters. The molecule has 30 heavy (non-hydrogen) atoms. The van der Waals surface area contributed by atoms with E-state index in [0.29, 0.717) is 25.4 Å². The van der Waals surface area contributed by atoms with Crippen LogP contribution in [-0.2, 0) is 17.9 Å². The number of guanidine groups is 1. The topological polar surface area (TPSA) is 47.9 Å². The van der Waals surface area contributed by atoms with Crippen molar-refractivity contribution in [1.82, 2.24) is 15.1 Å². The minimum atomic E-state index is 0.269. The standard InChI is InChI=1S/C25H32N4O/c1-2-26-25(29-16-14-23(19-29)20-9-4-3-5-10-20)27-17-21-11-6-7-12-22(21)18-28-15-8-13-24(28)30/h3-7,9-12,23H,2,8,13-19H2,1H3,(H,26,27). The van der Waals surface area contributed by atoms with Crippen molar-refractivity contribution in [3.63, 3.8) is 0 Å². The Labute approximate surface area is 179 Å². The number of carbonyl (C=O) groups excluding carboxylic acids is 1. The highest BCUT2D eigenvalue weighted by Gasteiger charge is 2.26. The molecular formula is C25H32N4O. The van der Waals surface area contributed by atoms with Gasteiger partial charge in [0.15, 0.2) is 5.96 Å². The van der Waals surface area contributed by atoms with E-state index in [1.165, 1.54) is 16.7 Å². The third kappa shape index (κ3) is 4.84. The molecule has 0 bridgehead atoms. The number of amides is 1. The van der Waals surface area contributed by atoms with Gasteiger partial charge in [-0.15, -0.1) is 0 Å². The Kier molecular flexibility index (Phi) is 6.67. The lowest BCUT2D eigenvalue weighted by Gasteiger charge is -2.22. The van der Waals surface area contributed by atoms with E-state index in [2.05, 4.69) is 71.7 Å². The Morgan fingerprint density at radius 1 is 1.07 bits per heavy atom. The van der Waals surface area contributed by atoms with Gasteiger partial charge in [0.05, 0.1) is 6.54 Å². The molecular weight excluding hydrogens is 372 g/mol. The predicted octanol–water partition coefficient (Wildman–Crippen LogP) is 3.76. The van der Waals surface area contributed by atoms with Crippen molar-refractivity contribution in [2.45, 2.75) is 45.2 Å². The molecule has 1 amide bonds. The molecule has 2 fully saturated rings. The number of aliphatic imine (C=N–C) groups is 1. The second-order valence-electron chi connectivity index (χ2n) is 8.20. The predicted molar refractivity (Wildman–Crippen MR) is 121 cm³/mol. The number of likely N-dealkylation sites (tertiary alicyclic amines) is 2. The van der Waals surface area contributed by atoms with Gasteiger partial charge >= 0.3 is 0 Å². The molecule has 1 N–H and O–H groups in total. The highest BCUT2D eigenvalue weighted by atomic mass is 16.2. The lowest BCUT2D eigenvalue weighted by Crippen LogP contribution is -2.40. The van der Waals surface area contributed by atoms with Crippen LogP contribution in [0.3, 0.4) is 0 Å². The first-order valence-electron chi connectivity index (χ1n) is 11.2. The molecule has 0 aromatic heterocycles. The molecule has 0 saturated carbocycles. The van der Waals surface area contributed by atoms with E-state index in [1.54, 1.807) is 0 Å². The molecule has 2 saturated heterocycles. The monoisotopic (exact) mass is 404 g/mol. The highest BCUT2D eigenvalue weighted by molar-refractivity contribution is 5.80. The van der Waals surface area contributed by atoms with Crippen molar-refractivity contribution in [2.75, 3.05) is 26.2 Å². The third-order valence-electron chi connectivity index (χ3n) is 6.14. The summed E-state index contributed by atoms with van der Waals surface area (Å²) in [4.78, 5) is 21.4. The van der Waals surface area contributed by atoms with E-state index in [4.69, 9.17) is 4.99 Å². The third-order valence-corrected chi connectivity index (χ3v) is 6.14. The van der Waals surface area contributed by atoms with Crippen LogP contribution in [0.4, 0.5) is 0 Å². The van der Waals surface area contributed by atoms with Gasteiger partial charge in [-0.1, -0.05) is 54.6 Å². The number of hydrogen-bond donors (Lipinski definition) is 1. The van der Waals surface area contributed by atoms with E-state index in [1.807, 2.05) is 4.90 Å². The molecule has 0 aliphatic carbocycles. The summed E-state index contributed by atoms with van der Waals surface area (Å²) < 4.78 is 0. The van der Waals surface area contributed by atoms with E-state index >= 15 is 0 Å². The van der Waals surface area contributed by atoms with Gasteiger partial charge in [0.1, 0.15) is 0 Å². The molecule has 158 valence electrons. The van der Waals surface area contributed by atoms with Crippen LogP contribution < -0.4 is 5.32 Å². The van der Waals surface area contributed by atoms with Crippen LogP contribution in [0.1, 0.15) is 48.8 Å². The Morgan fingerprint density at radius 2 is 1.83 bits per heavy atom. The summed E-state index contributed by atoms with van der Waals surface area (Å²) in [6, 6.07) is 19.2. The maximum absolute atomic E-state index is 12.0.